The van der Waals surface area contributed by atoms with Crippen molar-refractivity contribution in [2.75, 3.05) is 6.61 Å². The fraction of sp³-hybridized carbons (Fsp3) is 0.273. The van der Waals surface area contributed by atoms with E-state index in [-0.39, 0.29) is 24.2 Å². The van der Waals surface area contributed by atoms with Crippen LogP contribution in [-0.2, 0) is 4.79 Å². The molecule has 0 radical (unpaired) electrons. The van der Waals surface area contributed by atoms with Crippen LogP contribution in [0.4, 0.5) is 0 Å². The first-order valence-electron chi connectivity index (χ1n) is 9.12. The molecule has 28 heavy (non-hydrogen) atoms. The zero-order chi connectivity index (χ0) is 20.1. The largest absolute Gasteiger partial charge is 0.493 e. The minimum atomic E-state index is -0.862. The third kappa shape index (κ3) is 4.71. The SMILES string of the molecule is CC(C)c1ccc(Oc2coc3cc(OCCCC(=O)O)ccc3c2=O)cc1. The van der Waals surface area contributed by atoms with Gasteiger partial charge in [-0.3, -0.25) is 9.59 Å². The van der Waals surface area contributed by atoms with Crippen molar-refractivity contribution in [2.24, 2.45) is 0 Å². The Labute approximate surface area is 162 Å². The minimum Gasteiger partial charge on any atom is -0.493 e. The van der Waals surface area contributed by atoms with Crippen LogP contribution >= 0.6 is 0 Å². The molecule has 0 aliphatic heterocycles. The summed E-state index contributed by atoms with van der Waals surface area (Å²) in [6, 6.07) is 12.5. The predicted octanol–water partition coefficient (Wildman–Crippen LogP) is 4.95. The number of benzene rings is 2. The second-order valence-corrected chi connectivity index (χ2v) is 6.76. The van der Waals surface area contributed by atoms with Gasteiger partial charge in [-0.15, -0.1) is 0 Å². The lowest BCUT2D eigenvalue weighted by molar-refractivity contribution is -0.137. The molecule has 146 valence electrons. The van der Waals surface area contributed by atoms with Crippen LogP contribution in [0.1, 0.15) is 38.2 Å². The van der Waals surface area contributed by atoms with Gasteiger partial charge in [0.15, 0.2) is 0 Å². The van der Waals surface area contributed by atoms with Crippen LogP contribution in [0.5, 0.6) is 17.2 Å². The number of hydrogen-bond donors (Lipinski definition) is 1. The van der Waals surface area contributed by atoms with Crippen molar-refractivity contribution in [2.45, 2.75) is 32.6 Å². The van der Waals surface area contributed by atoms with Crippen molar-refractivity contribution < 1.29 is 23.8 Å². The Morgan fingerprint density at radius 3 is 2.50 bits per heavy atom. The van der Waals surface area contributed by atoms with Gasteiger partial charge in [0.05, 0.1) is 12.0 Å². The molecule has 0 aliphatic rings. The van der Waals surface area contributed by atoms with Gasteiger partial charge in [0.25, 0.3) is 0 Å². The van der Waals surface area contributed by atoms with Crippen LogP contribution in [0, 0.1) is 0 Å². The highest BCUT2D eigenvalue weighted by molar-refractivity contribution is 5.79. The highest BCUT2D eigenvalue weighted by atomic mass is 16.5. The number of fused-ring (bicyclic) bond motifs is 1. The van der Waals surface area contributed by atoms with Gasteiger partial charge >= 0.3 is 5.97 Å². The molecule has 0 unspecified atom stereocenters. The maximum absolute atomic E-state index is 12.7. The van der Waals surface area contributed by atoms with Crippen molar-refractivity contribution in [3.8, 4) is 17.2 Å². The van der Waals surface area contributed by atoms with Crippen molar-refractivity contribution >= 4 is 16.9 Å². The van der Waals surface area contributed by atoms with Crippen LogP contribution in [0.2, 0.25) is 0 Å². The second kappa shape index (κ2) is 8.61. The van der Waals surface area contributed by atoms with Crippen molar-refractivity contribution in [1.82, 2.24) is 0 Å². The van der Waals surface area contributed by atoms with Crippen molar-refractivity contribution in [1.29, 1.82) is 0 Å². The molecule has 3 aromatic rings. The monoisotopic (exact) mass is 382 g/mol. The Balaban J connectivity index is 1.75. The third-order valence-corrected chi connectivity index (χ3v) is 4.29. The molecule has 0 saturated carbocycles. The maximum atomic E-state index is 12.7. The lowest BCUT2D eigenvalue weighted by atomic mass is 10.0. The molecule has 0 aliphatic carbocycles. The normalized spacial score (nSPS) is 11.0. The molecule has 0 atom stereocenters. The molecule has 1 heterocycles. The molecule has 1 N–H and O–H groups in total. The highest BCUT2D eigenvalue weighted by Gasteiger charge is 2.11. The molecular weight excluding hydrogens is 360 g/mol. The number of carboxylic acid groups (broad SMARTS) is 1. The first-order chi connectivity index (χ1) is 13.4. The molecule has 2 aromatic carbocycles. The standard InChI is InChI=1S/C22H22O6/c1-14(2)15-5-7-16(8-6-15)28-20-13-27-19-12-17(9-10-18(19)22(20)25)26-11-3-4-21(23)24/h5-10,12-14H,3-4,11H2,1-2H3,(H,23,24). The Morgan fingerprint density at radius 2 is 1.82 bits per heavy atom. The molecule has 6 nitrogen and oxygen atoms in total. The van der Waals surface area contributed by atoms with Gasteiger partial charge in [-0.1, -0.05) is 26.0 Å². The summed E-state index contributed by atoms with van der Waals surface area (Å²) in [4.78, 5) is 23.2. The van der Waals surface area contributed by atoms with Crippen LogP contribution in [-0.4, -0.2) is 17.7 Å². The smallest absolute Gasteiger partial charge is 0.303 e. The van der Waals surface area contributed by atoms with Gasteiger partial charge in [0, 0.05) is 12.5 Å². The summed E-state index contributed by atoms with van der Waals surface area (Å²) in [5.41, 5.74) is 1.30. The summed E-state index contributed by atoms with van der Waals surface area (Å²) >= 11 is 0. The Kier molecular flexibility index (Phi) is 5.99. The minimum absolute atomic E-state index is 0.0432. The lowest BCUT2D eigenvalue weighted by Gasteiger charge is -2.09. The first kappa shape index (κ1) is 19.5. The second-order valence-electron chi connectivity index (χ2n) is 6.76. The van der Waals surface area contributed by atoms with Gasteiger partial charge < -0.3 is 19.0 Å². The summed E-state index contributed by atoms with van der Waals surface area (Å²) in [5.74, 6) is 0.744. The van der Waals surface area contributed by atoms with Crippen molar-refractivity contribution in [3.05, 3.63) is 64.5 Å². The van der Waals surface area contributed by atoms with E-state index in [1.54, 1.807) is 18.2 Å². The summed E-state index contributed by atoms with van der Waals surface area (Å²) in [6.07, 6.45) is 1.73. The zero-order valence-corrected chi connectivity index (χ0v) is 15.8. The van der Waals surface area contributed by atoms with Gasteiger partial charge in [0.2, 0.25) is 11.2 Å². The van der Waals surface area contributed by atoms with Crippen LogP contribution in [0.25, 0.3) is 11.0 Å². The average molecular weight is 382 g/mol. The number of hydrogen-bond acceptors (Lipinski definition) is 5. The van der Waals surface area contributed by atoms with Gasteiger partial charge in [0.1, 0.15) is 23.3 Å². The molecule has 0 amide bonds. The Bertz CT molecular complexity index is 1020. The predicted molar refractivity (Wildman–Crippen MR) is 105 cm³/mol. The van der Waals surface area contributed by atoms with Crippen molar-refractivity contribution in [3.63, 3.8) is 0 Å². The molecule has 0 saturated heterocycles. The zero-order valence-electron chi connectivity index (χ0n) is 15.8. The van der Waals surface area contributed by atoms with Crippen LogP contribution in [0.15, 0.2) is 57.9 Å². The van der Waals surface area contributed by atoms with E-state index in [4.69, 9.17) is 19.0 Å². The van der Waals surface area contributed by atoms with Crippen LogP contribution < -0.4 is 14.9 Å². The molecule has 3 rings (SSSR count). The molecule has 0 spiro atoms. The quantitative estimate of drug-likeness (QED) is 0.555. The Hall–Kier alpha value is -3.28. The van der Waals surface area contributed by atoms with Gasteiger partial charge in [-0.2, -0.15) is 0 Å². The molecule has 0 bridgehead atoms. The summed E-state index contributed by atoms with van der Waals surface area (Å²) in [6.45, 7) is 4.49. The number of aliphatic carboxylic acids is 1. The van der Waals surface area contributed by atoms with E-state index in [0.29, 0.717) is 34.8 Å². The number of carbonyl (C=O) groups is 1. The molecular formula is C22H22O6. The lowest BCUT2D eigenvalue weighted by Crippen LogP contribution is -2.05. The summed E-state index contributed by atoms with van der Waals surface area (Å²) in [5, 5.41) is 9.02. The van der Waals surface area contributed by atoms with E-state index >= 15 is 0 Å². The van der Waals surface area contributed by atoms with E-state index in [2.05, 4.69) is 13.8 Å². The fourth-order valence-electron chi connectivity index (χ4n) is 2.71. The van der Waals surface area contributed by atoms with Gasteiger partial charge in [-0.25, -0.2) is 0 Å². The summed E-state index contributed by atoms with van der Waals surface area (Å²) < 4.78 is 16.7. The molecule has 0 fully saturated rings. The van der Waals surface area contributed by atoms with E-state index in [0.717, 1.165) is 0 Å². The molecule has 6 heteroatoms. The van der Waals surface area contributed by atoms with Gasteiger partial charge in [-0.05, 0) is 42.2 Å². The fourth-order valence-corrected chi connectivity index (χ4v) is 2.71. The van der Waals surface area contributed by atoms with E-state index < -0.39 is 5.97 Å². The first-order valence-corrected chi connectivity index (χ1v) is 9.12. The number of ether oxygens (including phenoxy) is 2. The highest BCUT2D eigenvalue weighted by Crippen LogP contribution is 2.25. The topological polar surface area (TPSA) is 86.0 Å². The summed E-state index contributed by atoms with van der Waals surface area (Å²) in [7, 11) is 0. The van der Waals surface area contributed by atoms with E-state index in [9.17, 15) is 9.59 Å². The Morgan fingerprint density at radius 1 is 1.11 bits per heavy atom. The van der Waals surface area contributed by atoms with E-state index in [1.165, 1.54) is 11.8 Å². The maximum Gasteiger partial charge on any atom is 0.303 e. The average Bonchev–Trinajstić information content (AvgIpc) is 2.68. The number of carboxylic acids is 1. The number of rotatable bonds is 8. The van der Waals surface area contributed by atoms with Crippen LogP contribution in [0.3, 0.4) is 0 Å². The van der Waals surface area contributed by atoms with E-state index in [1.807, 2.05) is 24.3 Å². The third-order valence-electron chi connectivity index (χ3n) is 4.29. The molecule has 1 aromatic heterocycles.